The number of benzene rings is 3. The van der Waals surface area contributed by atoms with E-state index in [1.54, 1.807) is 36.4 Å². The summed E-state index contributed by atoms with van der Waals surface area (Å²) in [6.45, 7) is -0.349. The van der Waals surface area contributed by atoms with E-state index in [4.69, 9.17) is 9.47 Å². The highest BCUT2D eigenvalue weighted by atomic mass is 32.2. The van der Waals surface area contributed by atoms with Crippen LogP contribution < -0.4 is 19.1 Å². The molecule has 0 aromatic heterocycles. The van der Waals surface area contributed by atoms with Gasteiger partial charge in [0.15, 0.2) is 0 Å². The minimum atomic E-state index is -3.69. The molecule has 0 unspecified atom stereocenters. The average Bonchev–Trinajstić information content (AvgIpc) is 3.33. The molecule has 0 radical (unpaired) electrons. The number of carbonyl (C=O) groups excluding carboxylic acids is 1. The van der Waals surface area contributed by atoms with Gasteiger partial charge in [-0.2, -0.15) is 0 Å². The van der Waals surface area contributed by atoms with Crippen LogP contribution in [0.3, 0.4) is 0 Å². The van der Waals surface area contributed by atoms with Crippen molar-refractivity contribution in [3.05, 3.63) is 78.9 Å². The van der Waals surface area contributed by atoms with E-state index in [-0.39, 0.29) is 12.6 Å². The Bertz CT molecular complexity index is 1190. The maximum Gasteiger partial charge on any atom is 0.245 e. The zero-order valence-corrected chi connectivity index (χ0v) is 19.8. The van der Waals surface area contributed by atoms with Crippen LogP contribution in [-0.2, 0) is 14.8 Å². The van der Waals surface area contributed by atoms with Crippen molar-refractivity contribution in [2.24, 2.45) is 0 Å². The third kappa shape index (κ3) is 6.51. The zero-order valence-electron chi connectivity index (χ0n) is 19.0. The van der Waals surface area contributed by atoms with Gasteiger partial charge in [-0.05, 0) is 86.3 Å². The van der Waals surface area contributed by atoms with Gasteiger partial charge in [0.05, 0.1) is 18.0 Å². The third-order valence-corrected chi connectivity index (χ3v) is 6.67. The van der Waals surface area contributed by atoms with Crippen LogP contribution in [0.4, 0.5) is 11.4 Å². The van der Waals surface area contributed by atoms with Crippen molar-refractivity contribution in [2.75, 3.05) is 22.4 Å². The Hall–Kier alpha value is -3.52. The fourth-order valence-corrected chi connectivity index (χ4v) is 4.71. The van der Waals surface area contributed by atoms with Crippen molar-refractivity contribution in [1.82, 2.24) is 0 Å². The predicted molar refractivity (Wildman–Crippen MR) is 133 cm³/mol. The average molecular weight is 481 g/mol. The van der Waals surface area contributed by atoms with Gasteiger partial charge in [-0.15, -0.1) is 0 Å². The highest BCUT2D eigenvalue weighted by Crippen LogP contribution is 2.27. The minimum absolute atomic E-state index is 0.258. The summed E-state index contributed by atoms with van der Waals surface area (Å²) in [5.74, 6) is 1.56. The number of hydrogen-bond acceptors (Lipinski definition) is 5. The molecule has 1 aliphatic rings. The number of hydrogen-bond donors (Lipinski definition) is 1. The molecule has 8 heteroatoms. The van der Waals surface area contributed by atoms with Crippen molar-refractivity contribution in [2.45, 2.75) is 31.8 Å². The summed E-state index contributed by atoms with van der Waals surface area (Å²) in [6.07, 6.45) is 5.85. The summed E-state index contributed by atoms with van der Waals surface area (Å²) in [5, 5.41) is 2.75. The maximum absolute atomic E-state index is 12.6. The number of sulfonamides is 1. The Morgan fingerprint density at radius 2 is 1.47 bits per heavy atom. The van der Waals surface area contributed by atoms with Crippen LogP contribution in [0.5, 0.6) is 17.2 Å². The molecule has 7 nitrogen and oxygen atoms in total. The van der Waals surface area contributed by atoms with E-state index in [1.165, 1.54) is 12.8 Å². The lowest BCUT2D eigenvalue weighted by atomic mass is 10.2. The molecule has 1 aliphatic carbocycles. The summed E-state index contributed by atoms with van der Waals surface area (Å²) in [6, 6.07) is 23.0. The van der Waals surface area contributed by atoms with Gasteiger partial charge in [-0.3, -0.25) is 9.10 Å². The van der Waals surface area contributed by atoms with Crippen molar-refractivity contribution in [3.8, 4) is 17.2 Å². The molecule has 178 valence electrons. The van der Waals surface area contributed by atoms with Crippen LogP contribution in [0.1, 0.15) is 25.7 Å². The maximum atomic E-state index is 12.6. The van der Waals surface area contributed by atoms with Crippen molar-refractivity contribution >= 4 is 27.3 Å². The monoisotopic (exact) mass is 480 g/mol. The molecule has 0 saturated heterocycles. The van der Waals surface area contributed by atoms with E-state index in [0.717, 1.165) is 29.2 Å². The first-order valence-electron chi connectivity index (χ1n) is 11.2. The first kappa shape index (κ1) is 23.6. The fourth-order valence-electron chi connectivity index (χ4n) is 3.85. The van der Waals surface area contributed by atoms with Crippen LogP contribution in [-0.4, -0.2) is 33.2 Å². The highest BCUT2D eigenvalue weighted by Gasteiger charge is 2.21. The fraction of sp³-hybridized carbons (Fsp3) is 0.269. The molecule has 0 spiro atoms. The molecule has 0 atom stereocenters. The predicted octanol–water partition coefficient (Wildman–Crippen LogP) is 5.21. The van der Waals surface area contributed by atoms with Gasteiger partial charge in [0, 0.05) is 5.69 Å². The number of rotatable bonds is 9. The molecule has 1 fully saturated rings. The van der Waals surface area contributed by atoms with Crippen molar-refractivity contribution in [3.63, 3.8) is 0 Å². The molecule has 0 bridgehead atoms. The molecule has 1 N–H and O–H groups in total. The van der Waals surface area contributed by atoms with Crippen molar-refractivity contribution < 1.29 is 22.7 Å². The normalized spacial score (nSPS) is 13.9. The molecule has 1 saturated carbocycles. The van der Waals surface area contributed by atoms with E-state index in [1.807, 2.05) is 42.5 Å². The Morgan fingerprint density at radius 3 is 2.09 bits per heavy atom. The van der Waals surface area contributed by atoms with Crippen LogP contribution in [0, 0.1) is 0 Å². The summed E-state index contributed by atoms with van der Waals surface area (Å²) in [4.78, 5) is 12.6. The Balaban J connectivity index is 1.38. The van der Waals surface area contributed by atoms with Crippen LogP contribution in [0.15, 0.2) is 78.9 Å². The van der Waals surface area contributed by atoms with Gasteiger partial charge in [0.1, 0.15) is 23.8 Å². The number of carbonyl (C=O) groups is 1. The van der Waals surface area contributed by atoms with Crippen LogP contribution in [0.2, 0.25) is 0 Å². The number of nitrogens with zero attached hydrogens (tertiary/aromatic N) is 1. The standard InChI is InChI=1S/C26H28N2O5S/c1-34(30,31)28(21-13-17-25(18-14-21)33-22-7-3-2-4-8-22)19-26(29)27-20-11-15-24(16-12-20)32-23-9-5-6-10-23/h2-4,7-8,11-18,23H,5-6,9-10,19H2,1H3,(H,27,29). The quantitative estimate of drug-likeness (QED) is 0.455. The van der Waals surface area contributed by atoms with Crippen LogP contribution in [0.25, 0.3) is 0 Å². The van der Waals surface area contributed by atoms with Gasteiger partial charge in [-0.25, -0.2) is 8.42 Å². The molecular formula is C26H28N2O5S. The van der Waals surface area contributed by atoms with Crippen molar-refractivity contribution in [1.29, 1.82) is 0 Å². The lowest BCUT2D eigenvalue weighted by Crippen LogP contribution is -2.37. The third-order valence-electron chi connectivity index (χ3n) is 5.53. The molecule has 0 aliphatic heterocycles. The molecular weight excluding hydrogens is 452 g/mol. The lowest BCUT2D eigenvalue weighted by Gasteiger charge is -2.22. The molecule has 4 rings (SSSR count). The number of para-hydroxylation sites is 1. The second-order valence-corrected chi connectivity index (χ2v) is 10.2. The Kier molecular flexibility index (Phi) is 7.37. The second kappa shape index (κ2) is 10.6. The first-order chi connectivity index (χ1) is 16.4. The lowest BCUT2D eigenvalue weighted by molar-refractivity contribution is -0.114. The number of amides is 1. The summed E-state index contributed by atoms with van der Waals surface area (Å²) in [5.41, 5.74) is 0.946. The SMILES string of the molecule is CS(=O)(=O)N(CC(=O)Nc1ccc(OC2CCCC2)cc1)c1ccc(Oc2ccccc2)cc1. The zero-order chi connectivity index (χ0) is 24.0. The second-order valence-electron chi connectivity index (χ2n) is 8.28. The summed E-state index contributed by atoms with van der Waals surface area (Å²) < 4.78 is 37.6. The topological polar surface area (TPSA) is 84.9 Å². The van der Waals surface area contributed by atoms with Gasteiger partial charge < -0.3 is 14.8 Å². The Labute approximate surface area is 200 Å². The number of anilines is 2. The Morgan fingerprint density at radius 1 is 0.882 bits per heavy atom. The molecule has 0 heterocycles. The number of ether oxygens (including phenoxy) is 2. The highest BCUT2D eigenvalue weighted by molar-refractivity contribution is 7.92. The van der Waals surface area contributed by atoms with E-state index in [9.17, 15) is 13.2 Å². The van der Waals surface area contributed by atoms with Gasteiger partial charge in [0.2, 0.25) is 15.9 Å². The van der Waals surface area contributed by atoms with Crippen LogP contribution >= 0.6 is 0 Å². The minimum Gasteiger partial charge on any atom is -0.490 e. The molecule has 1 amide bonds. The molecule has 34 heavy (non-hydrogen) atoms. The van der Waals surface area contributed by atoms with Gasteiger partial charge in [-0.1, -0.05) is 18.2 Å². The molecule has 3 aromatic rings. The van der Waals surface area contributed by atoms with E-state index in [2.05, 4.69) is 5.32 Å². The number of nitrogens with one attached hydrogen (secondary N) is 1. The summed E-state index contributed by atoms with van der Waals surface area (Å²) >= 11 is 0. The van der Waals surface area contributed by atoms with Gasteiger partial charge in [0.25, 0.3) is 0 Å². The smallest absolute Gasteiger partial charge is 0.245 e. The van der Waals surface area contributed by atoms with E-state index >= 15 is 0 Å². The van der Waals surface area contributed by atoms with Gasteiger partial charge >= 0.3 is 0 Å². The largest absolute Gasteiger partial charge is 0.490 e. The van der Waals surface area contributed by atoms with E-state index in [0.29, 0.717) is 22.9 Å². The summed E-state index contributed by atoms with van der Waals surface area (Å²) in [7, 11) is -3.69. The van der Waals surface area contributed by atoms with E-state index < -0.39 is 15.9 Å². The first-order valence-corrected chi connectivity index (χ1v) is 13.1. The molecule has 3 aromatic carbocycles.